The highest BCUT2D eigenvalue weighted by atomic mass is 16.5. The number of fused-ring (bicyclic) bond motifs is 1. The van der Waals surface area contributed by atoms with E-state index in [-0.39, 0.29) is 11.7 Å². The first-order valence-electron chi connectivity index (χ1n) is 6.05. The summed E-state index contributed by atoms with van der Waals surface area (Å²) in [5.74, 6) is 1.28. The number of ketones is 1. The Bertz CT molecular complexity index is 584. The second-order valence-electron chi connectivity index (χ2n) is 4.54. The Hall–Kier alpha value is -2.09. The molecule has 0 radical (unpaired) electrons. The van der Waals surface area contributed by atoms with Crippen LogP contribution in [0.4, 0.5) is 0 Å². The van der Waals surface area contributed by atoms with Crippen LogP contribution in [0.5, 0.6) is 5.75 Å². The number of Topliss-reactive ketones (excluding diaryl/α,β-unsaturated/α-hetero) is 1. The highest BCUT2D eigenvalue weighted by Gasteiger charge is 2.29. The zero-order valence-electron chi connectivity index (χ0n) is 10.2. The summed E-state index contributed by atoms with van der Waals surface area (Å²) in [6.07, 6.45) is 0.575. The molecule has 1 aliphatic rings. The third kappa shape index (κ3) is 1.70. The third-order valence-electron chi connectivity index (χ3n) is 3.54. The van der Waals surface area contributed by atoms with Crippen molar-refractivity contribution in [2.24, 2.45) is 0 Å². The van der Waals surface area contributed by atoms with E-state index in [9.17, 15) is 4.79 Å². The molecule has 0 spiro atoms. The molecule has 0 fully saturated rings. The monoisotopic (exact) mass is 238 g/mol. The van der Waals surface area contributed by atoms with Crippen molar-refractivity contribution >= 4 is 5.78 Å². The largest absolute Gasteiger partial charge is 0.497 e. The summed E-state index contributed by atoms with van der Waals surface area (Å²) >= 11 is 0. The summed E-state index contributed by atoms with van der Waals surface area (Å²) in [5, 5.41) is 0. The summed E-state index contributed by atoms with van der Waals surface area (Å²) in [7, 11) is 1.66. The van der Waals surface area contributed by atoms with E-state index in [1.807, 2.05) is 42.5 Å². The number of rotatable bonds is 2. The van der Waals surface area contributed by atoms with Gasteiger partial charge in [0, 0.05) is 17.9 Å². The predicted molar refractivity (Wildman–Crippen MR) is 70.2 cm³/mol. The third-order valence-corrected chi connectivity index (χ3v) is 3.54. The fourth-order valence-corrected chi connectivity index (χ4v) is 2.59. The van der Waals surface area contributed by atoms with Gasteiger partial charge in [0.25, 0.3) is 0 Å². The molecule has 2 aromatic carbocycles. The second kappa shape index (κ2) is 4.30. The highest BCUT2D eigenvalue weighted by molar-refractivity contribution is 6.01. The van der Waals surface area contributed by atoms with Gasteiger partial charge in [0.15, 0.2) is 5.78 Å². The minimum Gasteiger partial charge on any atom is -0.497 e. The van der Waals surface area contributed by atoms with Gasteiger partial charge in [-0.2, -0.15) is 0 Å². The van der Waals surface area contributed by atoms with Crippen molar-refractivity contribution in [3.8, 4) is 5.75 Å². The van der Waals surface area contributed by atoms with Crippen molar-refractivity contribution in [3.63, 3.8) is 0 Å². The molecule has 90 valence electrons. The van der Waals surface area contributed by atoms with Crippen LogP contribution in [0.25, 0.3) is 0 Å². The molecule has 2 nitrogen and oxygen atoms in total. The normalized spacial score (nSPS) is 17.6. The van der Waals surface area contributed by atoms with Crippen molar-refractivity contribution in [3.05, 3.63) is 65.2 Å². The maximum atomic E-state index is 11.9. The van der Waals surface area contributed by atoms with Crippen LogP contribution >= 0.6 is 0 Å². The number of benzene rings is 2. The maximum absolute atomic E-state index is 11.9. The Labute approximate surface area is 106 Å². The zero-order valence-corrected chi connectivity index (χ0v) is 10.2. The number of hydrogen-bond donors (Lipinski definition) is 0. The number of ether oxygens (including phenoxy) is 1. The molecule has 1 unspecified atom stereocenters. The van der Waals surface area contributed by atoms with Crippen molar-refractivity contribution in [2.45, 2.75) is 12.3 Å². The van der Waals surface area contributed by atoms with Crippen molar-refractivity contribution in [2.75, 3.05) is 7.11 Å². The quantitative estimate of drug-likeness (QED) is 0.801. The van der Waals surface area contributed by atoms with Crippen LogP contribution in [-0.2, 0) is 0 Å². The lowest BCUT2D eigenvalue weighted by atomic mass is 9.93. The van der Waals surface area contributed by atoms with Gasteiger partial charge in [-0.3, -0.25) is 4.79 Å². The molecule has 0 N–H and O–H groups in total. The summed E-state index contributed by atoms with van der Waals surface area (Å²) in [4.78, 5) is 11.9. The van der Waals surface area contributed by atoms with E-state index in [1.54, 1.807) is 7.11 Å². The number of carbonyl (C=O) groups is 1. The zero-order chi connectivity index (χ0) is 12.5. The van der Waals surface area contributed by atoms with Gasteiger partial charge in [0.1, 0.15) is 5.75 Å². The molecule has 0 aromatic heterocycles. The highest BCUT2D eigenvalue weighted by Crippen LogP contribution is 2.38. The van der Waals surface area contributed by atoms with E-state index in [0.717, 1.165) is 16.9 Å². The lowest BCUT2D eigenvalue weighted by Crippen LogP contribution is -1.96. The van der Waals surface area contributed by atoms with Gasteiger partial charge in [0.2, 0.25) is 0 Å². The Balaban J connectivity index is 2.01. The molecule has 0 saturated heterocycles. The van der Waals surface area contributed by atoms with E-state index in [4.69, 9.17) is 4.74 Å². The van der Waals surface area contributed by atoms with Crippen LogP contribution in [0.1, 0.15) is 33.8 Å². The lowest BCUT2D eigenvalue weighted by molar-refractivity contribution is 0.0991. The van der Waals surface area contributed by atoms with Crippen molar-refractivity contribution < 1.29 is 9.53 Å². The number of methoxy groups -OCH3 is 1. The fraction of sp³-hybridized carbons (Fsp3) is 0.188. The van der Waals surface area contributed by atoms with E-state index >= 15 is 0 Å². The van der Waals surface area contributed by atoms with E-state index in [2.05, 4.69) is 6.07 Å². The van der Waals surface area contributed by atoms with Gasteiger partial charge in [-0.25, -0.2) is 0 Å². The van der Waals surface area contributed by atoms with E-state index in [1.165, 1.54) is 5.56 Å². The molecule has 0 bridgehead atoms. The number of carbonyl (C=O) groups excluding carboxylic acids is 1. The van der Waals surface area contributed by atoms with E-state index < -0.39 is 0 Å². The average Bonchev–Trinajstić information content (AvgIpc) is 2.77. The average molecular weight is 238 g/mol. The van der Waals surface area contributed by atoms with Crippen LogP contribution in [0.3, 0.4) is 0 Å². The lowest BCUT2D eigenvalue weighted by Gasteiger charge is -2.11. The molecule has 0 saturated carbocycles. The van der Waals surface area contributed by atoms with Gasteiger partial charge in [-0.05, 0) is 23.3 Å². The Kier molecular flexibility index (Phi) is 2.63. The van der Waals surface area contributed by atoms with Gasteiger partial charge in [-0.1, -0.05) is 36.4 Å². The smallest absolute Gasteiger partial charge is 0.164 e. The van der Waals surface area contributed by atoms with Crippen LogP contribution < -0.4 is 4.74 Å². The molecule has 2 aromatic rings. The van der Waals surface area contributed by atoms with Gasteiger partial charge >= 0.3 is 0 Å². The minimum atomic E-state index is 0.194. The fourth-order valence-electron chi connectivity index (χ4n) is 2.59. The summed E-state index contributed by atoms with van der Waals surface area (Å²) in [6.45, 7) is 0. The molecule has 0 aliphatic heterocycles. The predicted octanol–water partition coefficient (Wildman–Crippen LogP) is 3.41. The standard InChI is InChI=1S/C16H14O2/c1-18-12-8-6-11(7-9-12)15-10-16(17)14-5-3-2-4-13(14)15/h2-9,15H,10H2,1H3. The Morgan fingerprint density at radius 2 is 1.78 bits per heavy atom. The molecule has 0 amide bonds. The van der Waals surface area contributed by atoms with Gasteiger partial charge < -0.3 is 4.74 Å². The minimum absolute atomic E-state index is 0.194. The summed E-state index contributed by atoms with van der Waals surface area (Å²) < 4.78 is 5.16. The molecular weight excluding hydrogens is 224 g/mol. The molecule has 1 atom stereocenters. The second-order valence-corrected chi connectivity index (χ2v) is 4.54. The van der Waals surface area contributed by atoms with E-state index in [0.29, 0.717) is 6.42 Å². The van der Waals surface area contributed by atoms with Crippen LogP contribution in [0.15, 0.2) is 48.5 Å². The summed E-state index contributed by atoms with van der Waals surface area (Å²) in [5.41, 5.74) is 3.19. The molecular formula is C16H14O2. The Morgan fingerprint density at radius 3 is 2.50 bits per heavy atom. The SMILES string of the molecule is COc1ccc(C2CC(=O)c3ccccc32)cc1. The van der Waals surface area contributed by atoms with Gasteiger partial charge in [0.05, 0.1) is 7.11 Å². The first-order valence-corrected chi connectivity index (χ1v) is 6.05. The van der Waals surface area contributed by atoms with Crippen LogP contribution in [-0.4, -0.2) is 12.9 Å². The molecule has 0 heterocycles. The molecule has 18 heavy (non-hydrogen) atoms. The summed E-state index contributed by atoms with van der Waals surface area (Å²) in [6, 6.07) is 15.9. The first-order chi connectivity index (χ1) is 8.79. The topological polar surface area (TPSA) is 26.3 Å². The first kappa shape index (κ1) is 11.0. The van der Waals surface area contributed by atoms with Gasteiger partial charge in [-0.15, -0.1) is 0 Å². The van der Waals surface area contributed by atoms with Crippen molar-refractivity contribution in [1.29, 1.82) is 0 Å². The van der Waals surface area contributed by atoms with Crippen LogP contribution in [0.2, 0.25) is 0 Å². The van der Waals surface area contributed by atoms with Crippen molar-refractivity contribution in [1.82, 2.24) is 0 Å². The number of hydrogen-bond acceptors (Lipinski definition) is 2. The molecule has 2 heteroatoms. The Morgan fingerprint density at radius 1 is 1.06 bits per heavy atom. The van der Waals surface area contributed by atoms with Crippen LogP contribution in [0, 0.1) is 0 Å². The molecule has 3 rings (SSSR count). The molecule has 1 aliphatic carbocycles. The maximum Gasteiger partial charge on any atom is 0.164 e.